The number of aromatic amines is 1. The molecule has 5 nitrogen and oxygen atoms in total. The second-order valence-electron chi connectivity index (χ2n) is 5.78. The van der Waals surface area contributed by atoms with Crippen molar-refractivity contribution in [2.45, 2.75) is 32.1 Å². The van der Waals surface area contributed by atoms with Crippen LogP contribution in [-0.4, -0.2) is 36.8 Å². The normalized spacial score (nSPS) is 13.2. The summed E-state index contributed by atoms with van der Waals surface area (Å²) in [6, 6.07) is 3.84. The van der Waals surface area contributed by atoms with Crippen molar-refractivity contribution in [2.75, 3.05) is 13.7 Å². The Kier molecular flexibility index (Phi) is 4.51. The summed E-state index contributed by atoms with van der Waals surface area (Å²) in [5.74, 6) is -0.558. The van der Waals surface area contributed by atoms with Crippen molar-refractivity contribution in [1.82, 2.24) is 10.3 Å². The number of aromatic nitrogens is 1. The largest absolute Gasteiger partial charge is 0.493 e. The minimum Gasteiger partial charge on any atom is -0.493 e. The monoisotopic (exact) mass is 336 g/mol. The number of carbonyl (C=O) groups is 2. The average Bonchev–Trinajstić information content (AvgIpc) is 3.15. The molecule has 1 aliphatic rings. The van der Waals surface area contributed by atoms with E-state index in [2.05, 4.69) is 10.3 Å². The maximum absolute atomic E-state index is 12.3. The van der Waals surface area contributed by atoms with E-state index in [0.717, 1.165) is 34.2 Å². The molecule has 0 radical (unpaired) electrons. The molecule has 0 spiro atoms. The van der Waals surface area contributed by atoms with E-state index in [0.29, 0.717) is 18.7 Å². The number of rotatable bonds is 6. The molecule has 3 rings (SSSR count). The molecule has 2 aromatic rings. The van der Waals surface area contributed by atoms with E-state index >= 15 is 0 Å². The Bertz CT molecular complexity index is 799. The van der Waals surface area contributed by atoms with Gasteiger partial charge in [0.1, 0.15) is 11.4 Å². The highest BCUT2D eigenvalue weighted by Crippen LogP contribution is 2.34. The molecule has 0 fully saturated rings. The van der Waals surface area contributed by atoms with Gasteiger partial charge < -0.3 is 15.0 Å². The van der Waals surface area contributed by atoms with E-state index in [-0.39, 0.29) is 18.7 Å². The SMILES string of the molecule is CNC(=O)c1[nH]c2cc3c(cc2c1CCCC(=O)C(F)F)OCC3. The molecule has 0 aliphatic carbocycles. The molecule has 1 aromatic carbocycles. The number of H-pyrrole nitrogens is 1. The lowest BCUT2D eigenvalue weighted by Crippen LogP contribution is -2.19. The Balaban J connectivity index is 1.93. The topological polar surface area (TPSA) is 71.2 Å². The zero-order valence-corrected chi connectivity index (χ0v) is 13.2. The highest BCUT2D eigenvalue weighted by atomic mass is 19.3. The number of halogens is 2. The number of ether oxygens (including phenoxy) is 1. The fraction of sp³-hybridized carbons (Fsp3) is 0.412. The third kappa shape index (κ3) is 2.98. The van der Waals surface area contributed by atoms with Crippen molar-refractivity contribution >= 4 is 22.6 Å². The first-order valence-corrected chi connectivity index (χ1v) is 7.84. The van der Waals surface area contributed by atoms with Gasteiger partial charge in [-0.1, -0.05) is 0 Å². The van der Waals surface area contributed by atoms with Crippen molar-refractivity contribution in [1.29, 1.82) is 0 Å². The Morgan fingerprint density at radius 1 is 1.38 bits per heavy atom. The lowest BCUT2D eigenvalue weighted by Gasteiger charge is -2.05. The van der Waals surface area contributed by atoms with Crippen LogP contribution in [0.2, 0.25) is 0 Å². The molecule has 0 bridgehead atoms. The van der Waals surface area contributed by atoms with Gasteiger partial charge in [-0.2, -0.15) is 0 Å². The van der Waals surface area contributed by atoms with Gasteiger partial charge in [0.15, 0.2) is 5.78 Å². The third-order valence-electron chi connectivity index (χ3n) is 4.26. The van der Waals surface area contributed by atoms with Crippen molar-refractivity contribution in [3.8, 4) is 5.75 Å². The lowest BCUT2D eigenvalue weighted by molar-refractivity contribution is -0.129. The fourth-order valence-corrected chi connectivity index (χ4v) is 3.05. The number of carbonyl (C=O) groups excluding carboxylic acids is 2. The second kappa shape index (κ2) is 6.59. The Labute approximate surface area is 137 Å². The number of benzene rings is 1. The molecular weight excluding hydrogens is 318 g/mol. The van der Waals surface area contributed by atoms with Crippen LogP contribution in [0.3, 0.4) is 0 Å². The summed E-state index contributed by atoms with van der Waals surface area (Å²) in [6.07, 6.45) is -1.71. The van der Waals surface area contributed by atoms with Crippen LogP contribution in [0.1, 0.15) is 34.5 Å². The number of alkyl halides is 2. The summed E-state index contributed by atoms with van der Waals surface area (Å²) >= 11 is 0. The Hall–Kier alpha value is -2.44. The number of amides is 1. The van der Waals surface area contributed by atoms with Crippen LogP contribution < -0.4 is 10.1 Å². The molecule has 1 amide bonds. The number of aryl methyl sites for hydroxylation is 1. The van der Waals surface area contributed by atoms with Crippen LogP contribution in [-0.2, 0) is 17.6 Å². The van der Waals surface area contributed by atoms with Crippen LogP contribution in [0, 0.1) is 0 Å². The molecule has 0 unspecified atom stereocenters. The molecule has 128 valence electrons. The van der Waals surface area contributed by atoms with Gasteiger partial charge in [0.25, 0.3) is 12.3 Å². The predicted octanol–water partition coefficient (Wildman–Crippen LogP) is 2.62. The molecule has 0 saturated heterocycles. The van der Waals surface area contributed by atoms with E-state index < -0.39 is 12.2 Å². The van der Waals surface area contributed by atoms with Gasteiger partial charge >= 0.3 is 0 Å². The first-order valence-electron chi connectivity index (χ1n) is 7.84. The molecule has 0 saturated carbocycles. The minimum absolute atomic E-state index is 0.209. The fourth-order valence-electron chi connectivity index (χ4n) is 3.05. The number of hydrogen-bond donors (Lipinski definition) is 2. The second-order valence-corrected chi connectivity index (χ2v) is 5.78. The van der Waals surface area contributed by atoms with Gasteiger partial charge in [-0.05, 0) is 36.1 Å². The molecule has 24 heavy (non-hydrogen) atoms. The van der Waals surface area contributed by atoms with Crippen LogP contribution >= 0.6 is 0 Å². The summed E-state index contributed by atoms with van der Waals surface area (Å²) in [7, 11) is 1.53. The summed E-state index contributed by atoms with van der Waals surface area (Å²) in [5, 5.41) is 3.40. The van der Waals surface area contributed by atoms with Gasteiger partial charge in [-0.3, -0.25) is 9.59 Å². The van der Waals surface area contributed by atoms with Gasteiger partial charge in [0, 0.05) is 30.8 Å². The Morgan fingerprint density at radius 3 is 2.88 bits per heavy atom. The van der Waals surface area contributed by atoms with Crippen molar-refractivity contribution in [3.05, 3.63) is 29.0 Å². The lowest BCUT2D eigenvalue weighted by atomic mass is 10.0. The van der Waals surface area contributed by atoms with E-state index in [1.165, 1.54) is 7.05 Å². The molecule has 7 heteroatoms. The molecule has 2 N–H and O–H groups in total. The smallest absolute Gasteiger partial charge is 0.295 e. The van der Waals surface area contributed by atoms with Gasteiger partial charge in [-0.25, -0.2) is 8.78 Å². The zero-order chi connectivity index (χ0) is 17.3. The Morgan fingerprint density at radius 2 is 2.17 bits per heavy atom. The van der Waals surface area contributed by atoms with E-state index in [1.807, 2.05) is 12.1 Å². The van der Waals surface area contributed by atoms with E-state index in [9.17, 15) is 18.4 Å². The predicted molar refractivity (Wildman–Crippen MR) is 84.8 cm³/mol. The molecule has 2 heterocycles. The number of ketones is 1. The summed E-state index contributed by atoms with van der Waals surface area (Å²) < 4.78 is 30.2. The van der Waals surface area contributed by atoms with Crippen LogP contribution in [0.25, 0.3) is 10.9 Å². The van der Waals surface area contributed by atoms with E-state index in [1.54, 1.807) is 0 Å². The summed E-state index contributed by atoms with van der Waals surface area (Å²) in [5.41, 5.74) is 3.02. The summed E-state index contributed by atoms with van der Waals surface area (Å²) in [6.45, 7) is 0.627. The summed E-state index contributed by atoms with van der Waals surface area (Å²) in [4.78, 5) is 26.3. The molecule has 1 aliphatic heterocycles. The first-order chi connectivity index (χ1) is 11.5. The number of Topliss-reactive ketones (excluding diaryl/α,β-unsaturated/α-hetero) is 1. The van der Waals surface area contributed by atoms with E-state index in [4.69, 9.17) is 4.74 Å². The number of nitrogens with one attached hydrogen (secondary N) is 2. The minimum atomic E-state index is -2.94. The zero-order valence-electron chi connectivity index (χ0n) is 13.2. The molecule has 1 aromatic heterocycles. The standard InChI is InChI=1S/C17H18F2N2O3/c1-20-17(23)15-10(3-2-4-13(22)16(18)19)11-8-14-9(5-6-24-14)7-12(11)21-15/h7-8,16,21H,2-6H2,1H3,(H,20,23). The van der Waals surface area contributed by atoms with Crippen molar-refractivity contribution in [2.24, 2.45) is 0 Å². The van der Waals surface area contributed by atoms with Crippen molar-refractivity contribution in [3.63, 3.8) is 0 Å². The van der Waals surface area contributed by atoms with Gasteiger partial charge in [0.05, 0.1) is 6.61 Å². The maximum Gasteiger partial charge on any atom is 0.295 e. The van der Waals surface area contributed by atoms with Crippen LogP contribution in [0.15, 0.2) is 12.1 Å². The van der Waals surface area contributed by atoms with Crippen LogP contribution in [0.4, 0.5) is 8.78 Å². The van der Waals surface area contributed by atoms with Crippen LogP contribution in [0.5, 0.6) is 5.75 Å². The highest BCUT2D eigenvalue weighted by molar-refractivity contribution is 6.01. The van der Waals surface area contributed by atoms with Gasteiger partial charge in [-0.15, -0.1) is 0 Å². The first kappa shape index (κ1) is 16.4. The third-order valence-corrected chi connectivity index (χ3v) is 4.26. The average molecular weight is 336 g/mol. The highest BCUT2D eigenvalue weighted by Gasteiger charge is 2.22. The molecule has 0 atom stereocenters. The quantitative estimate of drug-likeness (QED) is 0.852. The molecular formula is C17H18F2N2O3. The maximum atomic E-state index is 12.3. The van der Waals surface area contributed by atoms with Crippen molar-refractivity contribution < 1.29 is 23.1 Å². The number of fused-ring (bicyclic) bond motifs is 2. The van der Waals surface area contributed by atoms with Gasteiger partial charge in [0.2, 0.25) is 0 Å². The number of hydrogen-bond acceptors (Lipinski definition) is 3.